The molecule has 2 heterocycles. The van der Waals surface area contributed by atoms with Crippen molar-refractivity contribution in [1.29, 1.82) is 0 Å². The monoisotopic (exact) mass is 643 g/mol. The molecule has 31 heavy (non-hydrogen) atoms. The first kappa shape index (κ1) is 23.0. The van der Waals surface area contributed by atoms with Crippen molar-refractivity contribution in [2.45, 2.75) is 6.92 Å². The molecule has 4 heteroatoms. The number of fused-ring (bicyclic) bond motifs is 1. The zero-order valence-corrected chi connectivity index (χ0v) is 20.8. The Morgan fingerprint density at radius 2 is 1.48 bits per heavy atom. The van der Waals surface area contributed by atoms with Crippen LogP contribution in [0.4, 0.5) is 0 Å². The van der Waals surface area contributed by atoms with Crippen molar-refractivity contribution in [3.63, 3.8) is 0 Å². The SMILES string of the molecule is Brc1cc[c-]c(-c2nccc3ccccc23)c1.Cc1cccnc1-c1[c-]cccc1.[Ir]. The molecule has 0 atom stereocenters. The molecule has 5 rings (SSSR count). The predicted molar refractivity (Wildman–Crippen MR) is 127 cm³/mol. The smallest absolute Gasteiger partial charge is 0.0167 e. The average molecular weight is 644 g/mol. The Bertz CT molecular complexity index is 1270. The fraction of sp³-hybridized carbons (Fsp3) is 0.0370. The summed E-state index contributed by atoms with van der Waals surface area (Å²) in [5.74, 6) is 0. The summed E-state index contributed by atoms with van der Waals surface area (Å²) < 4.78 is 1.04. The minimum atomic E-state index is 0. The fourth-order valence-electron chi connectivity index (χ4n) is 3.22. The molecule has 5 aromatic rings. The molecule has 0 N–H and O–H groups in total. The summed E-state index contributed by atoms with van der Waals surface area (Å²) >= 11 is 3.48. The van der Waals surface area contributed by atoms with Crippen molar-refractivity contribution in [2.75, 3.05) is 0 Å². The van der Waals surface area contributed by atoms with E-state index in [1.54, 1.807) is 0 Å². The first-order chi connectivity index (χ1) is 14.7. The van der Waals surface area contributed by atoms with Crippen LogP contribution in [0.3, 0.4) is 0 Å². The Kier molecular flexibility index (Phi) is 8.25. The number of benzene rings is 3. The molecule has 155 valence electrons. The van der Waals surface area contributed by atoms with Crippen LogP contribution in [0.15, 0.2) is 102 Å². The number of hydrogen-bond donors (Lipinski definition) is 0. The van der Waals surface area contributed by atoms with Gasteiger partial charge in [0.15, 0.2) is 0 Å². The number of hydrogen-bond acceptors (Lipinski definition) is 2. The van der Waals surface area contributed by atoms with Crippen LogP contribution in [0.5, 0.6) is 0 Å². The topological polar surface area (TPSA) is 25.8 Å². The van der Waals surface area contributed by atoms with Gasteiger partial charge in [-0.05, 0) is 41.2 Å². The van der Waals surface area contributed by atoms with Crippen LogP contribution in [-0.4, -0.2) is 9.97 Å². The molecule has 0 amide bonds. The molecule has 0 bridgehead atoms. The molecule has 2 aromatic heterocycles. The number of rotatable bonds is 2. The Morgan fingerprint density at radius 1 is 0.710 bits per heavy atom. The van der Waals surface area contributed by atoms with Crippen molar-refractivity contribution in [2.24, 2.45) is 0 Å². The molecule has 0 aliphatic carbocycles. The maximum absolute atomic E-state index is 4.47. The summed E-state index contributed by atoms with van der Waals surface area (Å²) in [5.41, 5.74) is 5.24. The molecule has 1 radical (unpaired) electrons. The Hall–Kier alpha value is -2.65. The van der Waals surface area contributed by atoms with Crippen LogP contribution >= 0.6 is 15.9 Å². The summed E-state index contributed by atoms with van der Waals surface area (Å²) in [5, 5.41) is 2.36. The van der Waals surface area contributed by atoms with Gasteiger partial charge in [-0.1, -0.05) is 56.3 Å². The Morgan fingerprint density at radius 3 is 2.26 bits per heavy atom. The minimum Gasteiger partial charge on any atom is -0.304 e. The van der Waals surface area contributed by atoms with E-state index in [9.17, 15) is 0 Å². The van der Waals surface area contributed by atoms with E-state index in [1.807, 2.05) is 79.1 Å². The van der Waals surface area contributed by atoms with Crippen molar-refractivity contribution < 1.29 is 20.1 Å². The minimum absolute atomic E-state index is 0. The van der Waals surface area contributed by atoms with Gasteiger partial charge in [-0.2, -0.15) is 0 Å². The van der Waals surface area contributed by atoms with E-state index in [0.717, 1.165) is 32.4 Å². The van der Waals surface area contributed by atoms with Crippen molar-refractivity contribution >= 4 is 26.7 Å². The number of aryl methyl sites for hydroxylation is 1. The third-order valence-electron chi connectivity index (χ3n) is 4.67. The van der Waals surface area contributed by atoms with Crippen LogP contribution < -0.4 is 0 Å². The third-order valence-corrected chi connectivity index (χ3v) is 5.16. The second-order valence-corrected chi connectivity index (χ2v) is 7.66. The van der Waals surface area contributed by atoms with E-state index < -0.39 is 0 Å². The van der Waals surface area contributed by atoms with E-state index in [4.69, 9.17) is 0 Å². The maximum atomic E-state index is 4.47. The molecule has 0 spiro atoms. The molecule has 3 aromatic carbocycles. The first-order valence-electron chi connectivity index (χ1n) is 9.62. The van der Waals surface area contributed by atoms with Gasteiger partial charge >= 0.3 is 0 Å². The van der Waals surface area contributed by atoms with Crippen LogP contribution in [-0.2, 0) is 20.1 Å². The van der Waals surface area contributed by atoms with E-state index in [0.29, 0.717) is 0 Å². The van der Waals surface area contributed by atoms with Gasteiger partial charge in [-0.25, -0.2) is 0 Å². The van der Waals surface area contributed by atoms with Crippen LogP contribution in [0.2, 0.25) is 0 Å². The van der Waals surface area contributed by atoms with Crippen LogP contribution in [0.25, 0.3) is 33.3 Å². The molecular formula is C27H19BrIrN2-2. The van der Waals surface area contributed by atoms with Gasteiger partial charge in [0.1, 0.15) is 0 Å². The van der Waals surface area contributed by atoms with E-state index in [2.05, 4.69) is 63.2 Å². The van der Waals surface area contributed by atoms with Crippen molar-refractivity contribution in [1.82, 2.24) is 9.97 Å². The molecule has 0 saturated heterocycles. The first-order valence-corrected chi connectivity index (χ1v) is 10.4. The summed E-state index contributed by atoms with van der Waals surface area (Å²) in [6, 6.07) is 34.5. The van der Waals surface area contributed by atoms with Crippen molar-refractivity contribution in [3.8, 4) is 22.5 Å². The summed E-state index contributed by atoms with van der Waals surface area (Å²) in [6.07, 6.45) is 3.65. The maximum Gasteiger partial charge on any atom is 0.0167 e. The summed E-state index contributed by atoms with van der Waals surface area (Å²) in [4.78, 5) is 8.78. The molecule has 0 fully saturated rings. The van der Waals surface area contributed by atoms with Gasteiger partial charge in [0.2, 0.25) is 0 Å². The number of aromatic nitrogens is 2. The fourth-order valence-corrected chi connectivity index (χ4v) is 3.58. The average Bonchev–Trinajstić information content (AvgIpc) is 2.80. The van der Waals surface area contributed by atoms with Crippen LogP contribution in [0.1, 0.15) is 5.56 Å². The number of halogens is 1. The van der Waals surface area contributed by atoms with Gasteiger partial charge < -0.3 is 9.97 Å². The normalized spacial score (nSPS) is 10.0. The van der Waals surface area contributed by atoms with E-state index in [-0.39, 0.29) is 20.1 Å². The standard InChI is InChI=1S/C15H9BrN.C12H10N.Ir/c16-13-6-3-5-12(10-13)15-14-7-2-1-4-11(14)8-9-17-15;1-10-6-5-9-13-12(10)11-7-3-2-4-8-11;/h1-4,6-10H;2-7,9H,1H3;/q2*-1;. The van der Waals surface area contributed by atoms with Gasteiger partial charge in [0, 0.05) is 32.5 Å². The zero-order valence-electron chi connectivity index (χ0n) is 16.8. The van der Waals surface area contributed by atoms with Gasteiger partial charge in [-0.3, -0.25) is 0 Å². The van der Waals surface area contributed by atoms with Gasteiger partial charge in [-0.15, -0.1) is 65.7 Å². The Balaban J connectivity index is 0.000000176. The largest absolute Gasteiger partial charge is 0.304 e. The molecule has 0 unspecified atom stereocenters. The Labute approximate surface area is 204 Å². The summed E-state index contributed by atoms with van der Waals surface area (Å²) in [7, 11) is 0. The van der Waals surface area contributed by atoms with E-state index >= 15 is 0 Å². The van der Waals surface area contributed by atoms with Crippen molar-refractivity contribution in [3.05, 3.63) is 119 Å². The zero-order chi connectivity index (χ0) is 20.8. The predicted octanol–water partition coefficient (Wildman–Crippen LogP) is 7.32. The quantitative estimate of drug-likeness (QED) is 0.189. The van der Waals surface area contributed by atoms with Gasteiger partial charge in [0.05, 0.1) is 0 Å². The van der Waals surface area contributed by atoms with E-state index in [1.165, 1.54) is 10.9 Å². The third kappa shape index (κ3) is 5.74. The number of nitrogens with zero attached hydrogens (tertiary/aromatic N) is 2. The molecule has 0 saturated carbocycles. The number of pyridine rings is 2. The molecule has 0 aliphatic heterocycles. The van der Waals surface area contributed by atoms with Gasteiger partial charge in [0.25, 0.3) is 0 Å². The summed E-state index contributed by atoms with van der Waals surface area (Å²) in [6.45, 7) is 2.06. The molecular weight excluding hydrogens is 624 g/mol. The second kappa shape index (κ2) is 11.1. The van der Waals surface area contributed by atoms with Crippen LogP contribution in [0, 0.1) is 19.1 Å². The molecule has 2 nitrogen and oxygen atoms in total. The second-order valence-electron chi connectivity index (χ2n) is 6.75. The molecule has 0 aliphatic rings.